The van der Waals surface area contributed by atoms with Crippen LogP contribution in [0.4, 0.5) is 10.8 Å². The summed E-state index contributed by atoms with van der Waals surface area (Å²) >= 11 is 1.37. The molecule has 1 heterocycles. The van der Waals surface area contributed by atoms with Crippen molar-refractivity contribution in [1.82, 2.24) is 10.2 Å². The Hall–Kier alpha value is -1.95. The Morgan fingerprint density at radius 3 is 2.50 bits per heavy atom. The zero-order valence-corrected chi connectivity index (χ0v) is 12.6. The van der Waals surface area contributed by atoms with Crippen LogP contribution < -0.4 is 10.6 Å². The Morgan fingerprint density at radius 1 is 1.25 bits per heavy atom. The van der Waals surface area contributed by atoms with Crippen molar-refractivity contribution in [2.75, 3.05) is 10.6 Å². The third kappa shape index (κ3) is 3.77. The standard InChI is InChI=1S/C14H18N4OS/c1-4-12(15-11-7-5-9(2)6-8-11)13(19)16-14-18-17-10(3)20-14/h5-8,12,15H,4H2,1-3H3,(H,16,18,19)/t12-/m0/s1. The molecule has 6 heteroatoms. The molecule has 1 amide bonds. The van der Waals surface area contributed by atoms with Crippen LogP contribution in [0.2, 0.25) is 0 Å². The predicted molar refractivity (Wildman–Crippen MR) is 82.2 cm³/mol. The lowest BCUT2D eigenvalue weighted by Crippen LogP contribution is -2.34. The fraction of sp³-hybridized carbons (Fsp3) is 0.357. The molecule has 0 saturated carbocycles. The maximum absolute atomic E-state index is 12.2. The maximum Gasteiger partial charge on any atom is 0.248 e. The number of anilines is 2. The summed E-state index contributed by atoms with van der Waals surface area (Å²) < 4.78 is 0. The van der Waals surface area contributed by atoms with Crippen LogP contribution in [0.1, 0.15) is 23.9 Å². The molecule has 1 aromatic carbocycles. The van der Waals surface area contributed by atoms with Crippen molar-refractivity contribution in [1.29, 1.82) is 0 Å². The number of nitrogens with zero attached hydrogens (tertiary/aromatic N) is 2. The van der Waals surface area contributed by atoms with Gasteiger partial charge in [0.25, 0.3) is 0 Å². The highest BCUT2D eigenvalue weighted by molar-refractivity contribution is 7.15. The van der Waals surface area contributed by atoms with Crippen molar-refractivity contribution < 1.29 is 4.79 Å². The molecule has 106 valence electrons. The highest BCUT2D eigenvalue weighted by Gasteiger charge is 2.17. The summed E-state index contributed by atoms with van der Waals surface area (Å²) in [6.07, 6.45) is 0.692. The second-order valence-electron chi connectivity index (χ2n) is 4.59. The second kappa shape index (κ2) is 6.47. The summed E-state index contributed by atoms with van der Waals surface area (Å²) in [5.74, 6) is -0.0933. The number of hydrogen-bond donors (Lipinski definition) is 2. The van der Waals surface area contributed by atoms with Crippen LogP contribution in [-0.4, -0.2) is 22.1 Å². The summed E-state index contributed by atoms with van der Waals surface area (Å²) in [5, 5.41) is 15.2. The predicted octanol–water partition coefficient (Wildman–Crippen LogP) is 2.98. The molecule has 0 fully saturated rings. The SMILES string of the molecule is CC[C@H](Nc1ccc(C)cc1)C(=O)Nc1nnc(C)s1. The molecule has 0 aliphatic heterocycles. The van der Waals surface area contributed by atoms with Gasteiger partial charge in [0.2, 0.25) is 11.0 Å². The topological polar surface area (TPSA) is 66.9 Å². The van der Waals surface area contributed by atoms with E-state index in [0.717, 1.165) is 10.7 Å². The second-order valence-corrected chi connectivity index (χ2v) is 5.77. The van der Waals surface area contributed by atoms with Crippen LogP contribution in [0.15, 0.2) is 24.3 Å². The number of rotatable bonds is 5. The number of nitrogens with one attached hydrogen (secondary N) is 2. The summed E-state index contributed by atoms with van der Waals surface area (Å²) in [5.41, 5.74) is 2.13. The van der Waals surface area contributed by atoms with Gasteiger partial charge in [0, 0.05) is 5.69 Å². The zero-order valence-electron chi connectivity index (χ0n) is 11.8. The molecule has 0 spiro atoms. The van der Waals surface area contributed by atoms with Crippen LogP contribution in [0.3, 0.4) is 0 Å². The van der Waals surface area contributed by atoms with Crippen molar-refractivity contribution in [3.05, 3.63) is 34.8 Å². The van der Waals surface area contributed by atoms with Gasteiger partial charge in [0.05, 0.1) is 0 Å². The van der Waals surface area contributed by atoms with Crippen LogP contribution >= 0.6 is 11.3 Å². The fourth-order valence-electron chi connectivity index (χ4n) is 1.74. The van der Waals surface area contributed by atoms with E-state index in [2.05, 4.69) is 20.8 Å². The number of aromatic nitrogens is 2. The zero-order chi connectivity index (χ0) is 14.5. The van der Waals surface area contributed by atoms with Crippen molar-refractivity contribution in [3.63, 3.8) is 0 Å². The molecule has 20 heavy (non-hydrogen) atoms. The minimum atomic E-state index is -0.290. The molecular formula is C14H18N4OS. The lowest BCUT2D eigenvalue weighted by atomic mass is 10.1. The van der Waals surface area contributed by atoms with Crippen LogP contribution in [-0.2, 0) is 4.79 Å². The van der Waals surface area contributed by atoms with E-state index in [1.165, 1.54) is 16.9 Å². The first-order valence-corrected chi connectivity index (χ1v) is 7.34. The van der Waals surface area contributed by atoms with Gasteiger partial charge in [-0.05, 0) is 32.4 Å². The Kier molecular flexibility index (Phi) is 4.68. The first-order chi connectivity index (χ1) is 9.58. The van der Waals surface area contributed by atoms with Gasteiger partial charge in [-0.2, -0.15) is 0 Å². The van der Waals surface area contributed by atoms with Gasteiger partial charge in [-0.15, -0.1) is 10.2 Å². The number of aryl methyl sites for hydroxylation is 2. The third-order valence-electron chi connectivity index (χ3n) is 2.87. The van der Waals surface area contributed by atoms with Gasteiger partial charge < -0.3 is 5.32 Å². The molecule has 0 aliphatic carbocycles. The van der Waals surface area contributed by atoms with E-state index in [4.69, 9.17) is 0 Å². The van der Waals surface area contributed by atoms with E-state index in [1.807, 2.05) is 45.0 Å². The number of hydrogen-bond acceptors (Lipinski definition) is 5. The van der Waals surface area contributed by atoms with Crippen LogP contribution in [0, 0.1) is 13.8 Å². The van der Waals surface area contributed by atoms with Crippen molar-refractivity contribution in [2.24, 2.45) is 0 Å². The molecule has 2 N–H and O–H groups in total. The molecule has 0 radical (unpaired) electrons. The van der Waals surface area contributed by atoms with E-state index in [0.29, 0.717) is 11.6 Å². The largest absolute Gasteiger partial charge is 0.374 e. The molecule has 1 atom stereocenters. The number of carbonyl (C=O) groups is 1. The van der Waals surface area contributed by atoms with Gasteiger partial charge in [-0.1, -0.05) is 36.0 Å². The molecule has 0 bridgehead atoms. The van der Waals surface area contributed by atoms with E-state index in [1.54, 1.807) is 0 Å². The lowest BCUT2D eigenvalue weighted by Gasteiger charge is -2.17. The molecular weight excluding hydrogens is 272 g/mol. The number of amides is 1. The smallest absolute Gasteiger partial charge is 0.248 e. The minimum Gasteiger partial charge on any atom is -0.374 e. The maximum atomic E-state index is 12.2. The normalized spacial score (nSPS) is 11.9. The van der Waals surface area contributed by atoms with E-state index >= 15 is 0 Å². The van der Waals surface area contributed by atoms with Crippen LogP contribution in [0.25, 0.3) is 0 Å². The van der Waals surface area contributed by atoms with Crippen molar-refractivity contribution in [3.8, 4) is 0 Å². The minimum absolute atomic E-state index is 0.0933. The van der Waals surface area contributed by atoms with E-state index < -0.39 is 0 Å². The Bertz CT molecular complexity index is 579. The first kappa shape index (κ1) is 14.5. The van der Waals surface area contributed by atoms with Gasteiger partial charge in [-0.25, -0.2) is 0 Å². The highest BCUT2D eigenvalue weighted by atomic mass is 32.1. The lowest BCUT2D eigenvalue weighted by molar-refractivity contribution is -0.117. The molecule has 2 aromatic rings. The molecule has 2 rings (SSSR count). The molecule has 0 saturated heterocycles. The highest BCUT2D eigenvalue weighted by Crippen LogP contribution is 2.16. The van der Waals surface area contributed by atoms with Gasteiger partial charge in [-0.3, -0.25) is 10.1 Å². The molecule has 0 aliphatic rings. The average molecular weight is 290 g/mol. The van der Waals surface area contributed by atoms with Gasteiger partial charge in [0.1, 0.15) is 11.0 Å². The summed E-state index contributed by atoms with van der Waals surface area (Å²) in [6.45, 7) is 5.86. The van der Waals surface area contributed by atoms with Gasteiger partial charge in [0.15, 0.2) is 0 Å². The molecule has 1 aromatic heterocycles. The Morgan fingerprint density at radius 2 is 1.95 bits per heavy atom. The summed E-state index contributed by atoms with van der Waals surface area (Å²) in [4.78, 5) is 12.2. The van der Waals surface area contributed by atoms with E-state index in [-0.39, 0.29) is 11.9 Å². The summed E-state index contributed by atoms with van der Waals surface area (Å²) in [7, 11) is 0. The Labute approximate surface area is 122 Å². The fourth-order valence-corrected chi connectivity index (χ4v) is 2.34. The summed E-state index contributed by atoms with van der Waals surface area (Å²) in [6, 6.07) is 7.69. The molecule has 0 unspecified atom stereocenters. The van der Waals surface area contributed by atoms with Crippen molar-refractivity contribution >= 4 is 28.1 Å². The quantitative estimate of drug-likeness (QED) is 0.888. The number of benzene rings is 1. The van der Waals surface area contributed by atoms with E-state index in [9.17, 15) is 4.79 Å². The first-order valence-electron chi connectivity index (χ1n) is 6.52. The number of carbonyl (C=O) groups excluding carboxylic acids is 1. The Balaban J connectivity index is 2.00. The van der Waals surface area contributed by atoms with Gasteiger partial charge >= 0.3 is 0 Å². The van der Waals surface area contributed by atoms with Crippen LogP contribution in [0.5, 0.6) is 0 Å². The molecule has 5 nitrogen and oxygen atoms in total. The monoisotopic (exact) mass is 290 g/mol. The third-order valence-corrected chi connectivity index (χ3v) is 3.63. The average Bonchev–Trinajstić information content (AvgIpc) is 2.83. The van der Waals surface area contributed by atoms with Crippen molar-refractivity contribution in [2.45, 2.75) is 33.2 Å².